The number of ether oxygens (including phenoxy) is 1. The number of rotatable bonds is 8. The maximum Gasteiger partial charge on any atom is 0.180 e. The number of halogens is 1. The molecule has 0 atom stereocenters. The zero-order valence-corrected chi connectivity index (χ0v) is 12.6. The van der Waals surface area contributed by atoms with Crippen molar-refractivity contribution in [3.05, 3.63) is 29.6 Å². The first kappa shape index (κ1) is 16.6. The van der Waals surface area contributed by atoms with Crippen molar-refractivity contribution in [3.63, 3.8) is 0 Å². The molecule has 0 aromatic heterocycles. The van der Waals surface area contributed by atoms with E-state index in [1.54, 1.807) is 0 Å². The Bertz CT molecular complexity index is 449. The molecule has 4 nitrogen and oxygen atoms in total. The lowest BCUT2D eigenvalue weighted by molar-refractivity contribution is 0.0941. The van der Waals surface area contributed by atoms with E-state index in [-0.39, 0.29) is 12.3 Å². The summed E-state index contributed by atoms with van der Waals surface area (Å²) < 4.78 is 18.3. The average Bonchev–Trinajstić information content (AvgIpc) is 2.38. The maximum atomic E-state index is 13.2. The van der Waals surface area contributed by atoms with Crippen LogP contribution in [0.15, 0.2) is 18.2 Å². The molecule has 0 spiro atoms. The summed E-state index contributed by atoms with van der Waals surface area (Å²) in [5.41, 5.74) is 0.298. The summed E-state index contributed by atoms with van der Waals surface area (Å²) in [7, 11) is 7.40. The van der Waals surface area contributed by atoms with E-state index in [0.717, 1.165) is 19.5 Å². The highest BCUT2D eigenvalue weighted by Crippen LogP contribution is 2.20. The molecule has 0 amide bonds. The lowest BCUT2D eigenvalue weighted by Gasteiger charge is -2.18. The molecule has 0 aliphatic rings. The molecule has 5 heteroatoms. The first-order valence-corrected chi connectivity index (χ1v) is 6.64. The molecular weight excluding hydrogens is 259 g/mol. The lowest BCUT2D eigenvalue weighted by atomic mass is 10.1. The van der Waals surface area contributed by atoms with Gasteiger partial charge in [-0.25, -0.2) is 4.39 Å². The van der Waals surface area contributed by atoms with E-state index in [2.05, 4.69) is 4.90 Å². The number of benzene rings is 1. The number of nitrogens with zero attached hydrogens (tertiary/aromatic N) is 2. The summed E-state index contributed by atoms with van der Waals surface area (Å²) in [6.45, 7) is 2.05. The van der Waals surface area contributed by atoms with E-state index in [0.29, 0.717) is 11.3 Å². The van der Waals surface area contributed by atoms with Gasteiger partial charge in [-0.1, -0.05) is 0 Å². The van der Waals surface area contributed by atoms with E-state index in [1.807, 2.05) is 26.0 Å². The number of hydrogen-bond donors (Lipinski definition) is 0. The van der Waals surface area contributed by atoms with Crippen LogP contribution in [0.4, 0.5) is 4.39 Å². The minimum atomic E-state index is -0.426. The normalized spacial score (nSPS) is 11.2. The van der Waals surface area contributed by atoms with Gasteiger partial charge in [0.1, 0.15) is 11.6 Å². The molecule has 1 rings (SSSR count). The zero-order chi connectivity index (χ0) is 15.1. The summed E-state index contributed by atoms with van der Waals surface area (Å²) in [6, 6.07) is 4.00. The Morgan fingerprint density at radius 2 is 1.95 bits per heavy atom. The van der Waals surface area contributed by atoms with Gasteiger partial charge < -0.3 is 9.64 Å². The van der Waals surface area contributed by atoms with Crippen LogP contribution in [0, 0.1) is 5.82 Å². The van der Waals surface area contributed by atoms with Crippen LogP contribution in [-0.4, -0.2) is 63.5 Å². The monoisotopic (exact) mass is 282 g/mol. The molecule has 0 saturated carbocycles. The molecule has 0 heterocycles. The number of carbonyl (C=O) groups excluding carboxylic acids is 1. The zero-order valence-electron chi connectivity index (χ0n) is 12.6. The summed E-state index contributed by atoms with van der Waals surface area (Å²) in [5, 5.41) is 0. The molecule has 0 radical (unpaired) electrons. The number of likely N-dealkylation sites (N-methyl/N-ethyl adjacent to an activating group) is 1. The smallest absolute Gasteiger partial charge is 0.180 e. The molecule has 0 bridgehead atoms. The maximum absolute atomic E-state index is 13.2. The van der Waals surface area contributed by atoms with Crippen LogP contribution < -0.4 is 4.74 Å². The van der Waals surface area contributed by atoms with Crippen molar-refractivity contribution in [2.24, 2.45) is 0 Å². The van der Waals surface area contributed by atoms with Crippen LogP contribution in [0.1, 0.15) is 16.8 Å². The van der Waals surface area contributed by atoms with E-state index in [9.17, 15) is 9.18 Å². The van der Waals surface area contributed by atoms with Crippen molar-refractivity contribution in [2.45, 2.75) is 6.42 Å². The van der Waals surface area contributed by atoms with Crippen molar-refractivity contribution >= 4 is 5.78 Å². The van der Waals surface area contributed by atoms with Gasteiger partial charge in [-0.05, 0) is 58.9 Å². The van der Waals surface area contributed by atoms with Crippen LogP contribution >= 0.6 is 0 Å². The third-order valence-corrected chi connectivity index (χ3v) is 3.02. The summed E-state index contributed by atoms with van der Waals surface area (Å²) >= 11 is 0. The van der Waals surface area contributed by atoms with E-state index < -0.39 is 5.82 Å². The highest BCUT2D eigenvalue weighted by atomic mass is 19.1. The van der Waals surface area contributed by atoms with Gasteiger partial charge >= 0.3 is 0 Å². The molecule has 0 aliphatic carbocycles. The van der Waals surface area contributed by atoms with Gasteiger partial charge in [0.2, 0.25) is 0 Å². The molecule has 0 fully saturated rings. The third-order valence-electron chi connectivity index (χ3n) is 3.02. The van der Waals surface area contributed by atoms with Crippen LogP contribution in [0.3, 0.4) is 0 Å². The molecule has 0 saturated heterocycles. The Kier molecular flexibility index (Phi) is 6.61. The van der Waals surface area contributed by atoms with Gasteiger partial charge in [0, 0.05) is 0 Å². The third kappa shape index (κ3) is 5.27. The Morgan fingerprint density at radius 1 is 1.25 bits per heavy atom. The number of carbonyl (C=O) groups is 1. The summed E-state index contributed by atoms with van der Waals surface area (Å²) in [5.74, 6) is -0.142. The fourth-order valence-electron chi connectivity index (χ4n) is 1.96. The molecule has 0 N–H and O–H groups in total. The van der Waals surface area contributed by atoms with Crippen LogP contribution in [0.5, 0.6) is 5.75 Å². The van der Waals surface area contributed by atoms with Gasteiger partial charge in [-0.3, -0.25) is 9.69 Å². The fraction of sp³-hybridized carbons (Fsp3) is 0.533. The minimum absolute atomic E-state index is 0.131. The second-order valence-corrected chi connectivity index (χ2v) is 5.16. The van der Waals surface area contributed by atoms with Gasteiger partial charge in [0.25, 0.3) is 0 Å². The molecular formula is C15H23FN2O2. The average molecular weight is 282 g/mol. The van der Waals surface area contributed by atoms with Gasteiger partial charge in [-0.15, -0.1) is 0 Å². The SMILES string of the molecule is COc1ccc(F)cc1C(=O)CN(C)CCCN(C)C. The van der Waals surface area contributed by atoms with Crippen LogP contribution in [0.2, 0.25) is 0 Å². The standard InChI is InChI=1S/C15H23FN2O2/c1-17(2)8-5-9-18(3)11-14(19)13-10-12(16)6-7-15(13)20-4/h6-7,10H,5,8-9,11H2,1-4H3. The number of hydrogen-bond acceptors (Lipinski definition) is 4. The van der Waals surface area contributed by atoms with Gasteiger partial charge in [0.15, 0.2) is 5.78 Å². The highest BCUT2D eigenvalue weighted by molar-refractivity contribution is 6.00. The van der Waals surface area contributed by atoms with E-state index in [4.69, 9.17) is 4.74 Å². The van der Waals surface area contributed by atoms with Crippen molar-refractivity contribution in [1.82, 2.24) is 9.80 Å². The molecule has 1 aromatic carbocycles. The molecule has 20 heavy (non-hydrogen) atoms. The topological polar surface area (TPSA) is 32.8 Å². The van der Waals surface area contributed by atoms with Crippen molar-refractivity contribution in [2.75, 3.05) is 47.9 Å². The first-order valence-electron chi connectivity index (χ1n) is 6.64. The highest BCUT2D eigenvalue weighted by Gasteiger charge is 2.15. The lowest BCUT2D eigenvalue weighted by Crippen LogP contribution is -2.29. The van der Waals surface area contributed by atoms with Crippen LogP contribution in [0.25, 0.3) is 0 Å². The predicted molar refractivity (Wildman–Crippen MR) is 78.0 cm³/mol. The van der Waals surface area contributed by atoms with Crippen molar-refractivity contribution < 1.29 is 13.9 Å². The first-order chi connectivity index (χ1) is 9.43. The van der Waals surface area contributed by atoms with Gasteiger partial charge in [-0.2, -0.15) is 0 Å². The fourth-order valence-corrected chi connectivity index (χ4v) is 1.96. The van der Waals surface area contributed by atoms with E-state index >= 15 is 0 Å². The Morgan fingerprint density at radius 3 is 2.55 bits per heavy atom. The Balaban J connectivity index is 2.59. The number of ketones is 1. The molecule has 0 aliphatic heterocycles. The quantitative estimate of drug-likeness (QED) is 0.682. The summed E-state index contributed by atoms with van der Waals surface area (Å²) in [4.78, 5) is 16.2. The van der Waals surface area contributed by atoms with Crippen molar-refractivity contribution in [1.29, 1.82) is 0 Å². The molecule has 1 aromatic rings. The van der Waals surface area contributed by atoms with Crippen LogP contribution in [-0.2, 0) is 0 Å². The number of methoxy groups -OCH3 is 1. The van der Waals surface area contributed by atoms with E-state index in [1.165, 1.54) is 25.3 Å². The second kappa shape index (κ2) is 7.97. The summed E-state index contributed by atoms with van der Waals surface area (Å²) in [6.07, 6.45) is 0.983. The van der Waals surface area contributed by atoms with Crippen molar-refractivity contribution in [3.8, 4) is 5.75 Å². The molecule has 0 unspecified atom stereocenters. The predicted octanol–water partition coefficient (Wildman–Crippen LogP) is 1.90. The number of Topliss-reactive ketones (excluding diaryl/α,β-unsaturated/α-hetero) is 1. The van der Waals surface area contributed by atoms with Gasteiger partial charge in [0.05, 0.1) is 19.2 Å². The Hall–Kier alpha value is -1.46. The Labute approximate surface area is 120 Å². The second-order valence-electron chi connectivity index (χ2n) is 5.16. The minimum Gasteiger partial charge on any atom is -0.496 e. The largest absolute Gasteiger partial charge is 0.496 e. The molecule has 112 valence electrons.